The van der Waals surface area contributed by atoms with E-state index in [0.29, 0.717) is 24.2 Å². The summed E-state index contributed by atoms with van der Waals surface area (Å²) in [6.07, 6.45) is 1.50. The predicted molar refractivity (Wildman–Crippen MR) is 60.9 cm³/mol. The first-order valence-corrected chi connectivity index (χ1v) is 5.60. The molecule has 92 valence electrons. The highest BCUT2D eigenvalue weighted by Gasteiger charge is 2.25. The Morgan fingerprint density at radius 1 is 1.56 bits per heavy atom. The van der Waals surface area contributed by atoms with Crippen molar-refractivity contribution in [3.8, 4) is 0 Å². The SMILES string of the molecule is CCC(C)(N)c1noc(CC(C)COC)n1. The molecular weight excluding hydrogens is 206 g/mol. The fourth-order valence-corrected chi connectivity index (χ4v) is 1.37. The molecule has 2 unspecified atom stereocenters. The summed E-state index contributed by atoms with van der Waals surface area (Å²) in [6.45, 7) is 6.67. The molecule has 0 bridgehead atoms. The first kappa shape index (κ1) is 13.1. The third-order valence-corrected chi connectivity index (χ3v) is 2.69. The van der Waals surface area contributed by atoms with Gasteiger partial charge in [0.2, 0.25) is 5.89 Å². The highest BCUT2D eigenvalue weighted by atomic mass is 16.5. The third-order valence-electron chi connectivity index (χ3n) is 2.69. The van der Waals surface area contributed by atoms with E-state index in [1.807, 2.05) is 13.8 Å². The Morgan fingerprint density at radius 3 is 2.81 bits per heavy atom. The molecule has 0 saturated heterocycles. The fraction of sp³-hybridized carbons (Fsp3) is 0.818. The van der Waals surface area contributed by atoms with Crippen LogP contribution >= 0.6 is 0 Å². The molecule has 0 fully saturated rings. The summed E-state index contributed by atoms with van der Waals surface area (Å²) in [6, 6.07) is 0. The second-order valence-corrected chi connectivity index (χ2v) is 4.55. The highest BCUT2D eigenvalue weighted by Crippen LogP contribution is 2.18. The average Bonchev–Trinajstić information content (AvgIpc) is 2.67. The predicted octanol–water partition coefficient (Wildman–Crippen LogP) is 1.48. The molecule has 1 heterocycles. The molecule has 2 atom stereocenters. The number of hydrogen-bond acceptors (Lipinski definition) is 5. The molecule has 5 nitrogen and oxygen atoms in total. The smallest absolute Gasteiger partial charge is 0.227 e. The van der Waals surface area contributed by atoms with Crippen LogP contribution in [0.3, 0.4) is 0 Å². The summed E-state index contributed by atoms with van der Waals surface area (Å²) in [5.74, 6) is 1.57. The Hall–Kier alpha value is -0.940. The lowest BCUT2D eigenvalue weighted by Gasteiger charge is -2.16. The number of ether oxygens (including phenoxy) is 1. The maximum absolute atomic E-state index is 6.03. The quantitative estimate of drug-likeness (QED) is 0.796. The zero-order valence-corrected chi connectivity index (χ0v) is 10.5. The molecule has 0 aliphatic rings. The van der Waals surface area contributed by atoms with Crippen LogP contribution in [0.5, 0.6) is 0 Å². The van der Waals surface area contributed by atoms with Crippen LogP contribution in [0.1, 0.15) is 38.9 Å². The van der Waals surface area contributed by atoms with Gasteiger partial charge in [-0.25, -0.2) is 0 Å². The standard InChI is InChI=1S/C11H21N3O2/c1-5-11(3,12)10-13-9(16-14-10)6-8(2)7-15-4/h8H,5-7,12H2,1-4H3. The van der Waals surface area contributed by atoms with Crippen molar-refractivity contribution in [3.05, 3.63) is 11.7 Å². The van der Waals surface area contributed by atoms with E-state index in [1.165, 1.54) is 0 Å². The van der Waals surface area contributed by atoms with Crippen molar-refractivity contribution in [2.75, 3.05) is 13.7 Å². The van der Waals surface area contributed by atoms with Gasteiger partial charge in [-0.1, -0.05) is 19.0 Å². The van der Waals surface area contributed by atoms with Crippen molar-refractivity contribution in [1.82, 2.24) is 10.1 Å². The van der Waals surface area contributed by atoms with Gasteiger partial charge in [0, 0.05) is 20.1 Å². The Kier molecular flexibility index (Phi) is 4.44. The Bertz CT molecular complexity index is 323. The van der Waals surface area contributed by atoms with E-state index in [9.17, 15) is 0 Å². The van der Waals surface area contributed by atoms with Crippen LogP contribution in [-0.2, 0) is 16.7 Å². The fourth-order valence-electron chi connectivity index (χ4n) is 1.37. The molecule has 0 aromatic carbocycles. The molecule has 2 N–H and O–H groups in total. The summed E-state index contributed by atoms with van der Waals surface area (Å²) in [4.78, 5) is 4.32. The first-order chi connectivity index (χ1) is 7.49. The minimum Gasteiger partial charge on any atom is -0.384 e. The van der Waals surface area contributed by atoms with E-state index in [0.717, 1.165) is 12.8 Å². The van der Waals surface area contributed by atoms with E-state index < -0.39 is 5.54 Å². The molecule has 0 saturated carbocycles. The van der Waals surface area contributed by atoms with E-state index in [-0.39, 0.29) is 0 Å². The molecule has 1 rings (SSSR count). The van der Waals surface area contributed by atoms with E-state index in [2.05, 4.69) is 17.1 Å². The summed E-state index contributed by atoms with van der Waals surface area (Å²) >= 11 is 0. The minimum atomic E-state index is -0.508. The maximum Gasteiger partial charge on any atom is 0.227 e. The van der Waals surface area contributed by atoms with Gasteiger partial charge in [0.05, 0.1) is 5.54 Å². The van der Waals surface area contributed by atoms with Crippen LogP contribution in [0, 0.1) is 5.92 Å². The maximum atomic E-state index is 6.03. The highest BCUT2D eigenvalue weighted by molar-refractivity contribution is 5.01. The Morgan fingerprint density at radius 2 is 2.25 bits per heavy atom. The van der Waals surface area contributed by atoms with Crippen LogP contribution in [0.2, 0.25) is 0 Å². The summed E-state index contributed by atoms with van der Waals surface area (Å²) in [7, 11) is 1.68. The van der Waals surface area contributed by atoms with Crippen molar-refractivity contribution in [2.45, 2.75) is 39.2 Å². The number of rotatable bonds is 6. The molecule has 16 heavy (non-hydrogen) atoms. The van der Waals surface area contributed by atoms with E-state index in [1.54, 1.807) is 7.11 Å². The van der Waals surface area contributed by atoms with Crippen molar-refractivity contribution in [3.63, 3.8) is 0 Å². The van der Waals surface area contributed by atoms with Gasteiger partial charge in [0.25, 0.3) is 0 Å². The zero-order chi connectivity index (χ0) is 12.2. The molecular formula is C11H21N3O2. The van der Waals surface area contributed by atoms with Crippen LogP contribution in [-0.4, -0.2) is 23.9 Å². The van der Waals surface area contributed by atoms with Gasteiger partial charge in [0.15, 0.2) is 5.82 Å². The van der Waals surface area contributed by atoms with Crippen molar-refractivity contribution >= 4 is 0 Å². The molecule has 0 amide bonds. The van der Waals surface area contributed by atoms with Crippen molar-refractivity contribution < 1.29 is 9.26 Å². The molecule has 0 radical (unpaired) electrons. The molecule has 0 aliphatic heterocycles. The van der Waals surface area contributed by atoms with E-state index >= 15 is 0 Å². The molecule has 1 aromatic rings. The average molecular weight is 227 g/mol. The van der Waals surface area contributed by atoms with Gasteiger partial charge in [0.1, 0.15) is 0 Å². The van der Waals surface area contributed by atoms with Crippen LogP contribution in [0.15, 0.2) is 4.52 Å². The molecule has 1 aromatic heterocycles. The van der Waals surface area contributed by atoms with Crippen molar-refractivity contribution in [1.29, 1.82) is 0 Å². The second-order valence-electron chi connectivity index (χ2n) is 4.55. The van der Waals surface area contributed by atoms with Crippen LogP contribution in [0.25, 0.3) is 0 Å². The van der Waals surface area contributed by atoms with E-state index in [4.69, 9.17) is 15.0 Å². The normalized spacial score (nSPS) is 17.1. The number of aromatic nitrogens is 2. The lowest BCUT2D eigenvalue weighted by Crippen LogP contribution is -2.33. The van der Waals surface area contributed by atoms with Gasteiger partial charge in [-0.3, -0.25) is 0 Å². The van der Waals surface area contributed by atoms with Crippen LogP contribution in [0.4, 0.5) is 0 Å². The summed E-state index contributed by atoms with van der Waals surface area (Å²) < 4.78 is 10.2. The minimum absolute atomic E-state index is 0.365. The topological polar surface area (TPSA) is 74.2 Å². The zero-order valence-electron chi connectivity index (χ0n) is 10.5. The molecule has 5 heteroatoms. The molecule has 0 spiro atoms. The van der Waals surface area contributed by atoms with Gasteiger partial charge >= 0.3 is 0 Å². The number of methoxy groups -OCH3 is 1. The molecule has 0 aliphatic carbocycles. The number of nitrogens with zero attached hydrogens (tertiary/aromatic N) is 2. The number of hydrogen-bond donors (Lipinski definition) is 1. The summed E-state index contributed by atoms with van der Waals surface area (Å²) in [5.41, 5.74) is 5.52. The lowest BCUT2D eigenvalue weighted by molar-refractivity contribution is 0.155. The monoisotopic (exact) mass is 227 g/mol. The van der Waals surface area contributed by atoms with Gasteiger partial charge in [-0.05, 0) is 19.3 Å². The summed E-state index contributed by atoms with van der Waals surface area (Å²) in [5, 5.41) is 3.92. The van der Waals surface area contributed by atoms with Crippen LogP contribution < -0.4 is 5.73 Å². The second kappa shape index (κ2) is 5.41. The first-order valence-electron chi connectivity index (χ1n) is 5.60. The van der Waals surface area contributed by atoms with Gasteiger partial charge in [-0.2, -0.15) is 4.98 Å². The van der Waals surface area contributed by atoms with Gasteiger partial charge in [-0.15, -0.1) is 0 Å². The van der Waals surface area contributed by atoms with Crippen molar-refractivity contribution in [2.24, 2.45) is 11.7 Å². The number of nitrogens with two attached hydrogens (primary N) is 1. The Balaban J connectivity index is 2.65. The lowest BCUT2D eigenvalue weighted by atomic mass is 10.00. The third kappa shape index (κ3) is 3.28. The largest absolute Gasteiger partial charge is 0.384 e. The Labute approximate surface area is 96.4 Å². The van der Waals surface area contributed by atoms with Gasteiger partial charge < -0.3 is 15.0 Å².